The number of hydrogen-bond donors (Lipinski definition) is 1. The van der Waals surface area contributed by atoms with Gasteiger partial charge in [0.25, 0.3) is 0 Å². The Hall–Kier alpha value is -0.720. The molecule has 2 N–H and O–H groups in total. The molecule has 1 heteroatoms. The molecule has 10 heavy (non-hydrogen) atoms. The van der Waals surface area contributed by atoms with Gasteiger partial charge < -0.3 is 5.73 Å². The van der Waals surface area contributed by atoms with Gasteiger partial charge in [-0.05, 0) is 25.8 Å². The summed E-state index contributed by atoms with van der Waals surface area (Å²) in [6, 6.07) is 0. The second kappa shape index (κ2) is 4.15. The van der Waals surface area contributed by atoms with Crippen LogP contribution >= 0.6 is 0 Å². The zero-order valence-corrected chi connectivity index (χ0v) is 7.31. The predicted molar refractivity (Wildman–Crippen MR) is 46.5 cm³/mol. The molecule has 0 aromatic rings. The average molecular weight is 139 g/mol. The molecule has 0 saturated heterocycles. The van der Waals surface area contributed by atoms with Crippen LogP contribution in [-0.4, -0.2) is 0 Å². The first-order valence-electron chi connectivity index (χ1n) is 3.64. The first-order chi connectivity index (χ1) is 4.54. The van der Waals surface area contributed by atoms with Gasteiger partial charge in [0.15, 0.2) is 0 Å². The molecule has 0 aromatic heterocycles. The van der Waals surface area contributed by atoms with Crippen LogP contribution in [-0.2, 0) is 0 Å². The first-order valence-corrected chi connectivity index (χ1v) is 3.64. The predicted octanol–water partition coefficient (Wildman–Crippen LogP) is 2.45. The summed E-state index contributed by atoms with van der Waals surface area (Å²) >= 11 is 0. The van der Waals surface area contributed by atoms with Crippen LogP contribution in [0.15, 0.2) is 23.4 Å². The van der Waals surface area contributed by atoms with Gasteiger partial charge in [0.05, 0.1) is 0 Å². The lowest BCUT2D eigenvalue weighted by Gasteiger charge is -2.02. The third-order valence-corrected chi connectivity index (χ3v) is 1.28. The van der Waals surface area contributed by atoms with Crippen molar-refractivity contribution in [2.24, 2.45) is 11.7 Å². The Morgan fingerprint density at radius 1 is 1.20 bits per heavy atom. The molecule has 0 unspecified atom stereocenters. The molecular weight excluding hydrogens is 122 g/mol. The summed E-state index contributed by atoms with van der Waals surface area (Å²) in [4.78, 5) is 0. The quantitative estimate of drug-likeness (QED) is 0.584. The maximum atomic E-state index is 5.68. The van der Waals surface area contributed by atoms with Gasteiger partial charge in [-0.25, -0.2) is 0 Å². The summed E-state index contributed by atoms with van der Waals surface area (Å²) < 4.78 is 0. The zero-order valence-electron chi connectivity index (χ0n) is 7.31. The van der Waals surface area contributed by atoms with E-state index in [-0.39, 0.29) is 0 Å². The van der Waals surface area contributed by atoms with Crippen molar-refractivity contribution < 1.29 is 0 Å². The Morgan fingerprint density at radius 3 is 2.00 bits per heavy atom. The van der Waals surface area contributed by atoms with Crippen molar-refractivity contribution in [2.45, 2.75) is 27.7 Å². The third-order valence-electron chi connectivity index (χ3n) is 1.28. The normalized spacial score (nSPS) is 11.9. The van der Waals surface area contributed by atoms with E-state index in [4.69, 9.17) is 5.73 Å². The SMILES string of the molecule is CC(C)=C/C=C(/N)C(C)C. The highest BCUT2D eigenvalue weighted by Crippen LogP contribution is 2.02. The van der Waals surface area contributed by atoms with Gasteiger partial charge in [0.1, 0.15) is 0 Å². The van der Waals surface area contributed by atoms with Crippen LogP contribution in [0.1, 0.15) is 27.7 Å². The fourth-order valence-electron chi connectivity index (χ4n) is 0.455. The standard InChI is InChI=1S/C9H17N/c1-7(2)5-6-9(10)8(3)4/h5-6,8H,10H2,1-4H3/b9-6+. The van der Waals surface area contributed by atoms with Gasteiger partial charge in [0, 0.05) is 5.70 Å². The van der Waals surface area contributed by atoms with E-state index in [0.29, 0.717) is 5.92 Å². The van der Waals surface area contributed by atoms with Gasteiger partial charge in [-0.2, -0.15) is 0 Å². The molecule has 0 aliphatic carbocycles. The smallest absolute Gasteiger partial charge is 0.0106 e. The van der Waals surface area contributed by atoms with E-state index >= 15 is 0 Å². The van der Waals surface area contributed by atoms with E-state index in [9.17, 15) is 0 Å². The summed E-state index contributed by atoms with van der Waals surface area (Å²) in [5.41, 5.74) is 7.91. The van der Waals surface area contributed by atoms with E-state index in [2.05, 4.69) is 27.7 Å². The fraction of sp³-hybridized carbons (Fsp3) is 0.556. The highest BCUT2D eigenvalue weighted by molar-refractivity contribution is 5.14. The molecule has 0 aliphatic heterocycles. The van der Waals surface area contributed by atoms with Crippen LogP contribution in [0, 0.1) is 5.92 Å². The Kier molecular flexibility index (Phi) is 3.85. The van der Waals surface area contributed by atoms with E-state index < -0.39 is 0 Å². The van der Waals surface area contributed by atoms with Crippen molar-refractivity contribution in [1.29, 1.82) is 0 Å². The molecule has 0 atom stereocenters. The Labute approximate surface area is 63.6 Å². The third kappa shape index (κ3) is 4.19. The van der Waals surface area contributed by atoms with Crippen molar-refractivity contribution in [3.8, 4) is 0 Å². The minimum Gasteiger partial charge on any atom is -0.402 e. The summed E-state index contributed by atoms with van der Waals surface area (Å²) in [5.74, 6) is 0.454. The highest BCUT2D eigenvalue weighted by Gasteiger charge is 1.93. The van der Waals surface area contributed by atoms with Crippen LogP contribution in [0.5, 0.6) is 0 Å². The van der Waals surface area contributed by atoms with E-state index in [1.54, 1.807) is 0 Å². The van der Waals surface area contributed by atoms with Crippen molar-refractivity contribution in [3.05, 3.63) is 23.4 Å². The molecule has 0 aromatic carbocycles. The molecule has 58 valence electrons. The van der Waals surface area contributed by atoms with Crippen molar-refractivity contribution in [2.75, 3.05) is 0 Å². The molecule has 0 rings (SSSR count). The highest BCUT2D eigenvalue weighted by atomic mass is 14.6. The van der Waals surface area contributed by atoms with Crippen molar-refractivity contribution in [1.82, 2.24) is 0 Å². The molecule has 0 bridgehead atoms. The molecule has 0 aliphatic rings. The summed E-state index contributed by atoms with van der Waals surface area (Å²) in [6.45, 7) is 8.30. The Morgan fingerprint density at radius 2 is 1.70 bits per heavy atom. The number of nitrogens with two attached hydrogens (primary N) is 1. The van der Waals surface area contributed by atoms with Gasteiger partial charge in [-0.3, -0.25) is 0 Å². The number of rotatable bonds is 2. The summed E-state index contributed by atoms with van der Waals surface area (Å²) in [5, 5.41) is 0. The van der Waals surface area contributed by atoms with Gasteiger partial charge in [0.2, 0.25) is 0 Å². The molecule has 0 heterocycles. The topological polar surface area (TPSA) is 26.0 Å². The Balaban J connectivity index is 4.05. The van der Waals surface area contributed by atoms with Gasteiger partial charge in [-0.15, -0.1) is 0 Å². The Bertz CT molecular complexity index is 148. The van der Waals surface area contributed by atoms with E-state index in [0.717, 1.165) is 5.70 Å². The maximum Gasteiger partial charge on any atom is 0.0106 e. The molecule has 0 fully saturated rings. The van der Waals surface area contributed by atoms with Gasteiger partial charge >= 0.3 is 0 Å². The largest absolute Gasteiger partial charge is 0.402 e. The second-order valence-electron chi connectivity index (χ2n) is 3.07. The lowest BCUT2D eigenvalue weighted by atomic mass is 10.1. The zero-order chi connectivity index (χ0) is 8.15. The number of allylic oxidation sites excluding steroid dienone is 4. The summed E-state index contributed by atoms with van der Waals surface area (Å²) in [6.07, 6.45) is 4.01. The molecular formula is C9H17N. The van der Waals surface area contributed by atoms with Crippen LogP contribution in [0.2, 0.25) is 0 Å². The molecule has 0 amide bonds. The van der Waals surface area contributed by atoms with Crippen molar-refractivity contribution in [3.63, 3.8) is 0 Å². The monoisotopic (exact) mass is 139 g/mol. The van der Waals surface area contributed by atoms with Crippen molar-refractivity contribution >= 4 is 0 Å². The summed E-state index contributed by atoms with van der Waals surface area (Å²) in [7, 11) is 0. The minimum atomic E-state index is 0.454. The van der Waals surface area contributed by atoms with Crippen LogP contribution in [0.3, 0.4) is 0 Å². The lowest BCUT2D eigenvalue weighted by Crippen LogP contribution is -2.03. The van der Waals surface area contributed by atoms with Crippen LogP contribution in [0.25, 0.3) is 0 Å². The first kappa shape index (κ1) is 9.28. The van der Waals surface area contributed by atoms with Crippen LogP contribution < -0.4 is 5.73 Å². The van der Waals surface area contributed by atoms with E-state index in [1.807, 2.05) is 12.2 Å². The maximum absolute atomic E-state index is 5.68. The lowest BCUT2D eigenvalue weighted by molar-refractivity contribution is 0.757. The molecule has 0 radical (unpaired) electrons. The molecule has 0 saturated carbocycles. The van der Waals surface area contributed by atoms with Gasteiger partial charge in [-0.1, -0.05) is 25.5 Å². The fourth-order valence-corrected chi connectivity index (χ4v) is 0.455. The molecule has 1 nitrogen and oxygen atoms in total. The second-order valence-corrected chi connectivity index (χ2v) is 3.07. The molecule has 0 spiro atoms. The average Bonchev–Trinajstić information content (AvgIpc) is 1.82. The van der Waals surface area contributed by atoms with E-state index in [1.165, 1.54) is 5.57 Å². The van der Waals surface area contributed by atoms with Crippen LogP contribution in [0.4, 0.5) is 0 Å². The minimum absolute atomic E-state index is 0.454. The number of hydrogen-bond acceptors (Lipinski definition) is 1.